The second-order valence-electron chi connectivity index (χ2n) is 5.37. The Balaban J connectivity index is 1.86. The number of nitrogens with one attached hydrogen (secondary N) is 1. The highest BCUT2D eigenvalue weighted by molar-refractivity contribution is 6.10. The van der Waals surface area contributed by atoms with Gasteiger partial charge in [-0.15, -0.1) is 0 Å². The molecular formula is C19H16N2O3. The SMILES string of the molecule is O=C(O)c1cn(Cc2ccccc2)cc1C(=O)Nc1ccccc1. The number of carbonyl (C=O) groups is 2. The van der Waals surface area contributed by atoms with E-state index in [1.165, 1.54) is 6.20 Å². The number of rotatable bonds is 5. The molecule has 0 spiro atoms. The normalized spacial score (nSPS) is 10.3. The predicted octanol–water partition coefficient (Wildman–Crippen LogP) is 3.49. The number of hydrogen-bond donors (Lipinski definition) is 2. The number of hydrogen-bond acceptors (Lipinski definition) is 2. The van der Waals surface area contributed by atoms with E-state index in [1.54, 1.807) is 35.0 Å². The standard InChI is InChI=1S/C19H16N2O3/c22-18(20-15-9-5-2-6-10-15)16-12-21(13-17(16)19(23)24)11-14-7-3-1-4-8-14/h1-10,12-13H,11H2,(H,20,22)(H,23,24). The van der Waals surface area contributed by atoms with Crippen LogP contribution in [0.4, 0.5) is 5.69 Å². The van der Waals surface area contributed by atoms with E-state index < -0.39 is 11.9 Å². The molecule has 3 aromatic rings. The molecule has 1 aromatic heterocycles. The topological polar surface area (TPSA) is 71.3 Å². The monoisotopic (exact) mass is 320 g/mol. The summed E-state index contributed by atoms with van der Waals surface area (Å²) < 4.78 is 1.71. The Kier molecular flexibility index (Phi) is 4.43. The van der Waals surface area contributed by atoms with Gasteiger partial charge in [0.25, 0.3) is 5.91 Å². The van der Waals surface area contributed by atoms with Crippen molar-refractivity contribution in [2.75, 3.05) is 5.32 Å². The van der Waals surface area contributed by atoms with Gasteiger partial charge in [-0.2, -0.15) is 0 Å². The number of carboxylic acids is 1. The number of nitrogens with zero attached hydrogens (tertiary/aromatic N) is 1. The van der Waals surface area contributed by atoms with Crippen molar-refractivity contribution < 1.29 is 14.7 Å². The summed E-state index contributed by atoms with van der Waals surface area (Å²) in [7, 11) is 0. The first-order valence-electron chi connectivity index (χ1n) is 7.47. The fraction of sp³-hybridized carbons (Fsp3) is 0.0526. The van der Waals surface area contributed by atoms with Crippen LogP contribution in [0.3, 0.4) is 0 Å². The molecule has 24 heavy (non-hydrogen) atoms. The van der Waals surface area contributed by atoms with Gasteiger partial charge in [-0.1, -0.05) is 48.5 Å². The summed E-state index contributed by atoms with van der Waals surface area (Å²) in [5, 5.41) is 12.1. The number of amides is 1. The third-order valence-electron chi connectivity index (χ3n) is 3.59. The number of anilines is 1. The Bertz CT molecular complexity index is 855. The van der Waals surface area contributed by atoms with Crippen molar-refractivity contribution in [2.24, 2.45) is 0 Å². The van der Waals surface area contributed by atoms with Gasteiger partial charge in [-0.05, 0) is 17.7 Å². The Morgan fingerprint density at radius 2 is 1.46 bits per heavy atom. The number of para-hydroxylation sites is 1. The summed E-state index contributed by atoms with van der Waals surface area (Å²) in [5.74, 6) is -1.56. The van der Waals surface area contributed by atoms with Gasteiger partial charge in [0.1, 0.15) is 0 Å². The lowest BCUT2D eigenvalue weighted by atomic mass is 10.2. The molecule has 3 rings (SSSR count). The summed E-state index contributed by atoms with van der Waals surface area (Å²) in [6, 6.07) is 18.6. The van der Waals surface area contributed by atoms with Gasteiger partial charge in [0.15, 0.2) is 0 Å². The van der Waals surface area contributed by atoms with Gasteiger partial charge in [0.2, 0.25) is 0 Å². The second kappa shape index (κ2) is 6.83. The Hall–Kier alpha value is -3.34. The molecule has 2 N–H and O–H groups in total. The molecule has 0 radical (unpaired) electrons. The third-order valence-corrected chi connectivity index (χ3v) is 3.59. The van der Waals surface area contributed by atoms with Crippen LogP contribution in [-0.4, -0.2) is 21.6 Å². The maximum Gasteiger partial charge on any atom is 0.338 e. The Morgan fingerprint density at radius 1 is 0.875 bits per heavy atom. The van der Waals surface area contributed by atoms with Crippen LogP contribution < -0.4 is 5.32 Å². The lowest BCUT2D eigenvalue weighted by Gasteiger charge is -2.04. The summed E-state index contributed by atoms with van der Waals surface area (Å²) in [6.07, 6.45) is 3.05. The Morgan fingerprint density at radius 3 is 2.08 bits per heavy atom. The zero-order valence-electron chi connectivity index (χ0n) is 12.8. The molecule has 0 aliphatic carbocycles. The number of aromatic nitrogens is 1. The minimum Gasteiger partial charge on any atom is -0.478 e. The lowest BCUT2D eigenvalue weighted by molar-refractivity contribution is 0.0692. The summed E-state index contributed by atoms with van der Waals surface area (Å²) in [5.41, 5.74) is 1.77. The van der Waals surface area contributed by atoms with Crippen molar-refractivity contribution in [1.82, 2.24) is 4.57 Å². The predicted molar refractivity (Wildman–Crippen MR) is 91.3 cm³/mol. The number of aromatic carboxylic acids is 1. The first-order valence-corrected chi connectivity index (χ1v) is 7.47. The van der Waals surface area contributed by atoms with E-state index in [2.05, 4.69) is 5.32 Å². The smallest absolute Gasteiger partial charge is 0.338 e. The third kappa shape index (κ3) is 3.52. The van der Waals surface area contributed by atoms with Gasteiger partial charge in [-0.3, -0.25) is 4.79 Å². The van der Waals surface area contributed by atoms with Crippen LogP contribution in [0.25, 0.3) is 0 Å². The summed E-state index contributed by atoms with van der Waals surface area (Å²) in [4.78, 5) is 23.9. The van der Waals surface area contributed by atoms with E-state index in [9.17, 15) is 14.7 Å². The van der Waals surface area contributed by atoms with Crippen LogP contribution in [0.15, 0.2) is 73.1 Å². The van der Waals surface area contributed by atoms with Gasteiger partial charge >= 0.3 is 5.97 Å². The number of carboxylic acid groups (broad SMARTS) is 1. The fourth-order valence-corrected chi connectivity index (χ4v) is 2.46. The zero-order valence-corrected chi connectivity index (χ0v) is 12.8. The van der Waals surface area contributed by atoms with Crippen molar-refractivity contribution in [3.63, 3.8) is 0 Å². The fourth-order valence-electron chi connectivity index (χ4n) is 2.46. The van der Waals surface area contributed by atoms with Gasteiger partial charge in [0.05, 0.1) is 11.1 Å². The van der Waals surface area contributed by atoms with Gasteiger partial charge < -0.3 is 15.0 Å². The van der Waals surface area contributed by atoms with E-state index >= 15 is 0 Å². The maximum atomic E-state index is 12.4. The van der Waals surface area contributed by atoms with E-state index in [0.29, 0.717) is 12.2 Å². The van der Waals surface area contributed by atoms with E-state index in [0.717, 1.165) is 5.56 Å². The highest BCUT2D eigenvalue weighted by Crippen LogP contribution is 2.16. The molecule has 0 saturated carbocycles. The zero-order chi connectivity index (χ0) is 16.9. The molecule has 0 aliphatic heterocycles. The molecule has 1 amide bonds. The van der Waals surface area contributed by atoms with Crippen LogP contribution in [0.2, 0.25) is 0 Å². The maximum absolute atomic E-state index is 12.4. The molecule has 0 atom stereocenters. The Labute approximate surface area is 139 Å². The molecule has 5 heteroatoms. The average Bonchev–Trinajstić information content (AvgIpc) is 3.01. The van der Waals surface area contributed by atoms with Gasteiger partial charge in [0, 0.05) is 24.6 Å². The summed E-state index contributed by atoms with van der Waals surface area (Å²) >= 11 is 0. The minimum atomic E-state index is -1.12. The van der Waals surface area contributed by atoms with Crippen LogP contribution in [0.1, 0.15) is 26.3 Å². The molecule has 1 heterocycles. The quantitative estimate of drug-likeness (QED) is 0.756. The van der Waals surface area contributed by atoms with E-state index in [1.807, 2.05) is 36.4 Å². The van der Waals surface area contributed by atoms with Crippen LogP contribution in [-0.2, 0) is 6.54 Å². The van der Waals surface area contributed by atoms with Crippen molar-refractivity contribution >= 4 is 17.6 Å². The molecular weight excluding hydrogens is 304 g/mol. The van der Waals surface area contributed by atoms with Crippen LogP contribution in [0, 0.1) is 0 Å². The van der Waals surface area contributed by atoms with Crippen molar-refractivity contribution in [1.29, 1.82) is 0 Å². The highest BCUT2D eigenvalue weighted by atomic mass is 16.4. The largest absolute Gasteiger partial charge is 0.478 e. The first kappa shape index (κ1) is 15.6. The van der Waals surface area contributed by atoms with Crippen molar-refractivity contribution in [3.05, 3.63) is 89.7 Å². The minimum absolute atomic E-state index is 0.0145. The number of carbonyl (C=O) groups excluding carboxylic acids is 1. The van der Waals surface area contributed by atoms with Gasteiger partial charge in [-0.25, -0.2) is 4.79 Å². The lowest BCUT2D eigenvalue weighted by Crippen LogP contribution is -2.14. The second-order valence-corrected chi connectivity index (χ2v) is 5.37. The molecule has 2 aromatic carbocycles. The highest BCUT2D eigenvalue weighted by Gasteiger charge is 2.19. The first-order chi connectivity index (χ1) is 11.6. The molecule has 5 nitrogen and oxygen atoms in total. The average molecular weight is 320 g/mol. The van der Waals surface area contributed by atoms with E-state index in [-0.39, 0.29) is 11.1 Å². The van der Waals surface area contributed by atoms with Crippen molar-refractivity contribution in [2.45, 2.75) is 6.54 Å². The molecule has 0 aliphatic rings. The summed E-state index contributed by atoms with van der Waals surface area (Å²) in [6.45, 7) is 0.500. The van der Waals surface area contributed by atoms with Crippen LogP contribution in [0.5, 0.6) is 0 Å². The molecule has 120 valence electrons. The molecule has 0 fully saturated rings. The molecule has 0 bridgehead atoms. The van der Waals surface area contributed by atoms with Crippen LogP contribution >= 0.6 is 0 Å². The molecule has 0 unspecified atom stereocenters. The van der Waals surface area contributed by atoms with E-state index in [4.69, 9.17) is 0 Å². The number of benzene rings is 2. The van der Waals surface area contributed by atoms with Crippen molar-refractivity contribution in [3.8, 4) is 0 Å². The molecule has 0 saturated heterocycles.